The van der Waals surface area contributed by atoms with E-state index in [0.717, 1.165) is 0 Å². The van der Waals surface area contributed by atoms with Crippen LogP contribution in [0.15, 0.2) is 43.0 Å². The van der Waals surface area contributed by atoms with Gasteiger partial charge in [-0.2, -0.15) is 0 Å². The van der Waals surface area contributed by atoms with E-state index in [2.05, 4.69) is 25.3 Å². The van der Waals surface area contributed by atoms with Crippen LogP contribution in [0.5, 0.6) is 0 Å². The Morgan fingerprint density at radius 1 is 1.12 bits per heavy atom. The van der Waals surface area contributed by atoms with Crippen molar-refractivity contribution in [3.63, 3.8) is 0 Å². The lowest BCUT2D eigenvalue weighted by Crippen LogP contribution is -2.60. The van der Waals surface area contributed by atoms with Crippen molar-refractivity contribution in [3.05, 3.63) is 48.6 Å². The SMILES string of the molecule is C=CCO[C@@]1(C)C[C@@H](C)CN2C(C)C2[C@](C)(O)[C@@H](CC)OC(=O)[C@H](C)C(=O)[C@H](C)[C@H]1O[C@@H]1O[C@H](C)C[C@H](N(C)C)[C@H]1OC(=O)c1ccccc1. The van der Waals surface area contributed by atoms with E-state index < -0.39 is 59.6 Å². The molecule has 0 spiro atoms. The average Bonchev–Trinajstić information content (AvgIpc) is 3.72. The fraction of sp³-hybridized carbons (Fsp3) is 0.718. The molecule has 0 amide bonds. The van der Waals surface area contributed by atoms with Gasteiger partial charge in [0.1, 0.15) is 17.6 Å². The van der Waals surface area contributed by atoms with Crippen LogP contribution in [0, 0.1) is 17.8 Å². The van der Waals surface area contributed by atoms with E-state index in [4.69, 9.17) is 23.7 Å². The van der Waals surface area contributed by atoms with Crippen molar-refractivity contribution >= 4 is 17.7 Å². The van der Waals surface area contributed by atoms with Crippen molar-refractivity contribution in [2.75, 3.05) is 27.2 Å². The van der Waals surface area contributed by atoms with E-state index in [9.17, 15) is 19.5 Å². The van der Waals surface area contributed by atoms with Crippen molar-refractivity contribution in [1.29, 1.82) is 0 Å². The van der Waals surface area contributed by atoms with Crippen LogP contribution >= 0.6 is 0 Å². The number of hydrogen-bond acceptors (Lipinski definition) is 11. The van der Waals surface area contributed by atoms with E-state index in [-0.39, 0.29) is 42.5 Å². The zero-order chi connectivity index (χ0) is 37.1. The fourth-order valence-corrected chi connectivity index (χ4v) is 8.31. The molecule has 3 aliphatic heterocycles. The molecule has 0 bridgehead atoms. The third-order valence-corrected chi connectivity index (χ3v) is 11.0. The lowest BCUT2D eigenvalue weighted by Gasteiger charge is -2.48. The van der Waals surface area contributed by atoms with Gasteiger partial charge in [0, 0.05) is 18.5 Å². The summed E-state index contributed by atoms with van der Waals surface area (Å²) < 4.78 is 32.0. The van der Waals surface area contributed by atoms with Crippen LogP contribution in [0.1, 0.15) is 85.0 Å². The molecule has 1 aromatic rings. The number of hydrogen-bond donors (Lipinski definition) is 1. The van der Waals surface area contributed by atoms with Crippen molar-refractivity contribution in [3.8, 4) is 0 Å². The van der Waals surface area contributed by atoms with Crippen molar-refractivity contribution < 1.29 is 43.2 Å². The van der Waals surface area contributed by atoms with Gasteiger partial charge in [-0.25, -0.2) is 4.79 Å². The number of nitrogens with zero attached hydrogens (tertiary/aromatic N) is 2. The Bertz CT molecular complexity index is 1340. The lowest BCUT2D eigenvalue weighted by atomic mass is 9.78. The van der Waals surface area contributed by atoms with Crippen LogP contribution in [0.4, 0.5) is 0 Å². The zero-order valence-corrected chi connectivity index (χ0v) is 31.7. The Labute approximate surface area is 298 Å². The van der Waals surface area contributed by atoms with Gasteiger partial charge in [0.05, 0.1) is 42.1 Å². The molecule has 3 fully saturated rings. The number of aliphatic hydroxyl groups is 1. The molecular weight excluding hydrogens is 640 g/mol. The van der Waals surface area contributed by atoms with Crippen molar-refractivity contribution in [2.24, 2.45) is 17.8 Å². The summed E-state index contributed by atoms with van der Waals surface area (Å²) in [7, 11) is 3.84. The number of carbonyl (C=O) groups is 3. The summed E-state index contributed by atoms with van der Waals surface area (Å²) in [5, 5.41) is 11.7. The number of rotatable bonds is 9. The van der Waals surface area contributed by atoms with E-state index >= 15 is 0 Å². The molecule has 11 nitrogen and oxygen atoms in total. The maximum absolute atomic E-state index is 14.3. The predicted molar refractivity (Wildman–Crippen MR) is 189 cm³/mol. The average molecular weight is 701 g/mol. The molecule has 1 aromatic carbocycles. The number of carbonyl (C=O) groups excluding carboxylic acids is 3. The number of ether oxygens (including phenoxy) is 5. The first kappa shape index (κ1) is 40.1. The maximum Gasteiger partial charge on any atom is 0.338 e. The molecule has 3 aliphatic rings. The van der Waals surface area contributed by atoms with Gasteiger partial charge in [-0.1, -0.05) is 45.0 Å². The van der Waals surface area contributed by atoms with Gasteiger partial charge in [0.2, 0.25) is 0 Å². The van der Waals surface area contributed by atoms with E-state index in [1.165, 1.54) is 6.92 Å². The summed E-state index contributed by atoms with van der Waals surface area (Å²) in [5.41, 5.74) is -1.98. The summed E-state index contributed by atoms with van der Waals surface area (Å²) in [6, 6.07) is 8.36. The summed E-state index contributed by atoms with van der Waals surface area (Å²) >= 11 is 0. The molecule has 3 heterocycles. The minimum Gasteiger partial charge on any atom is -0.459 e. The third-order valence-electron chi connectivity index (χ3n) is 11.0. The van der Waals surface area contributed by atoms with E-state index in [1.807, 2.05) is 45.8 Å². The van der Waals surface area contributed by atoms with Crippen molar-refractivity contribution in [2.45, 2.75) is 135 Å². The van der Waals surface area contributed by atoms with Gasteiger partial charge in [-0.05, 0) is 86.0 Å². The molecular formula is C39H60N2O9. The molecule has 50 heavy (non-hydrogen) atoms. The minimum atomic E-state index is -1.31. The molecule has 1 N–H and O–H groups in total. The van der Waals surface area contributed by atoms with Crippen LogP contribution in [0.3, 0.4) is 0 Å². The highest BCUT2D eigenvalue weighted by molar-refractivity contribution is 6.00. The molecule has 0 saturated carbocycles. The molecule has 14 atom stereocenters. The largest absolute Gasteiger partial charge is 0.459 e. The zero-order valence-electron chi connectivity index (χ0n) is 31.7. The highest BCUT2D eigenvalue weighted by atomic mass is 16.7. The number of likely N-dealkylation sites (N-methyl/N-ethyl adjacent to an activating group) is 1. The fourth-order valence-electron chi connectivity index (χ4n) is 8.31. The summed E-state index contributed by atoms with van der Waals surface area (Å²) in [6.45, 7) is 19.6. The molecule has 0 radical (unpaired) electrons. The van der Waals surface area contributed by atoms with Crippen LogP contribution in [0.2, 0.25) is 0 Å². The highest BCUT2D eigenvalue weighted by Crippen LogP contribution is 2.43. The number of benzene rings is 1. The first-order chi connectivity index (χ1) is 23.5. The van der Waals surface area contributed by atoms with Gasteiger partial charge < -0.3 is 33.7 Å². The number of cyclic esters (lactones) is 1. The normalized spacial score (nSPS) is 41.4. The number of Topliss-reactive ketones (excluding diaryl/α,β-unsaturated/α-hetero) is 1. The molecule has 0 aliphatic carbocycles. The second kappa shape index (κ2) is 16.3. The lowest BCUT2D eigenvalue weighted by molar-refractivity contribution is -0.296. The van der Waals surface area contributed by atoms with Gasteiger partial charge in [0.25, 0.3) is 0 Å². The second-order valence-electron chi connectivity index (χ2n) is 15.5. The van der Waals surface area contributed by atoms with Crippen molar-refractivity contribution in [1.82, 2.24) is 9.80 Å². The summed E-state index contributed by atoms with van der Waals surface area (Å²) in [6.07, 6.45) is -0.765. The Kier molecular flexibility index (Phi) is 13.1. The second-order valence-corrected chi connectivity index (χ2v) is 15.5. The molecule has 3 saturated heterocycles. The monoisotopic (exact) mass is 700 g/mol. The standard InChI is InChI=1S/C39H60N2O9/c1-12-19-46-38(8)21-23(3)22-41-27(7)33(41)39(9,45)30(13-2)48-35(43)26(6)31(42)25(5)34(38)50-37-32(29(40(10)11)20-24(4)47-37)49-36(44)28-17-15-14-16-18-28/h12,14-18,23-27,29-30,32-34,37,45H,1,13,19-22H2,2-11H3/t23-,24-,25+,26-,27?,29+,30-,32-,33?,34-,37+,38+,39-,41?/m1/s1. The predicted octanol–water partition coefficient (Wildman–Crippen LogP) is 4.65. The van der Waals surface area contributed by atoms with E-state index in [0.29, 0.717) is 31.4 Å². The van der Waals surface area contributed by atoms with Gasteiger partial charge in [-0.15, -0.1) is 6.58 Å². The van der Waals surface area contributed by atoms with Gasteiger partial charge in [-0.3, -0.25) is 14.5 Å². The summed E-state index contributed by atoms with van der Waals surface area (Å²) in [4.78, 5) is 45.6. The van der Waals surface area contributed by atoms with Crippen LogP contribution < -0.4 is 0 Å². The van der Waals surface area contributed by atoms with Crippen LogP contribution in [-0.4, -0.2) is 120 Å². The van der Waals surface area contributed by atoms with E-state index in [1.54, 1.807) is 44.2 Å². The first-order valence-corrected chi connectivity index (χ1v) is 18.2. The quantitative estimate of drug-likeness (QED) is 0.168. The highest BCUT2D eigenvalue weighted by Gasteiger charge is 2.59. The van der Waals surface area contributed by atoms with Crippen LogP contribution in [0.25, 0.3) is 0 Å². The summed E-state index contributed by atoms with van der Waals surface area (Å²) in [5.74, 6) is -3.58. The number of esters is 2. The molecule has 4 rings (SSSR count). The molecule has 0 aromatic heterocycles. The number of fused-ring (bicyclic) bond motifs is 1. The molecule has 11 heteroatoms. The van der Waals surface area contributed by atoms with Gasteiger partial charge >= 0.3 is 11.9 Å². The Morgan fingerprint density at radius 3 is 2.38 bits per heavy atom. The third kappa shape index (κ3) is 8.68. The Morgan fingerprint density at radius 2 is 1.78 bits per heavy atom. The number of ketones is 1. The Balaban J connectivity index is 1.77. The minimum absolute atomic E-state index is 0.0388. The first-order valence-electron chi connectivity index (χ1n) is 18.2. The smallest absolute Gasteiger partial charge is 0.338 e. The topological polar surface area (TPSA) is 124 Å². The molecule has 3 unspecified atom stereocenters. The Hall–Kier alpha value is -2.67. The van der Waals surface area contributed by atoms with Crippen LogP contribution in [-0.2, 0) is 33.3 Å². The van der Waals surface area contributed by atoms with Gasteiger partial charge in [0.15, 0.2) is 18.2 Å². The molecule has 280 valence electrons. The maximum atomic E-state index is 14.3.